The first kappa shape index (κ1) is 14.0. The lowest BCUT2D eigenvalue weighted by molar-refractivity contribution is 0.536. The van der Waals surface area contributed by atoms with Crippen molar-refractivity contribution in [1.29, 1.82) is 0 Å². The number of nitrogens with zero attached hydrogens (tertiary/aromatic N) is 2. The Morgan fingerprint density at radius 1 is 1.61 bits per heavy atom. The molecule has 0 aliphatic heterocycles. The molecule has 4 nitrogen and oxygen atoms in total. The van der Waals surface area contributed by atoms with Crippen LogP contribution in [0, 0.1) is 6.92 Å². The Labute approximate surface area is 123 Å². The summed E-state index contributed by atoms with van der Waals surface area (Å²) in [6.45, 7) is 1.97. The van der Waals surface area contributed by atoms with Gasteiger partial charge in [-0.2, -0.15) is 5.10 Å². The minimum Gasteiger partial charge on any atom is -0.271 e. The van der Waals surface area contributed by atoms with Crippen LogP contribution < -0.4 is 11.3 Å². The van der Waals surface area contributed by atoms with Gasteiger partial charge in [-0.15, -0.1) is 11.3 Å². The largest absolute Gasteiger partial charge is 0.271 e. The van der Waals surface area contributed by atoms with Gasteiger partial charge in [0.1, 0.15) is 0 Å². The molecule has 0 aromatic carbocycles. The highest BCUT2D eigenvalue weighted by molar-refractivity contribution is 9.10. The van der Waals surface area contributed by atoms with Gasteiger partial charge in [0, 0.05) is 18.3 Å². The number of hydrogen-bond donors (Lipinski definition) is 2. The summed E-state index contributed by atoms with van der Waals surface area (Å²) < 4.78 is 3.68. The molecule has 3 N–H and O–H groups in total. The molecule has 0 radical (unpaired) electrons. The third-order valence-electron chi connectivity index (χ3n) is 2.80. The number of hydrazine groups is 1. The molecule has 18 heavy (non-hydrogen) atoms. The smallest absolute Gasteiger partial charge is 0.0931 e. The van der Waals surface area contributed by atoms with Crippen LogP contribution in [0.5, 0.6) is 0 Å². The molecule has 0 saturated heterocycles. The van der Waals surface area contributed by atoms with Gasteiger partial charge in [-0.25, -0.2) is 0 Å². The van der Waals surface area contributed by atoms with Crippen LogP contribution in [0.3, 0.4) is 0 Å². The van der Waals surface area contributed by atoms with Crippen LogP contribution in [0.1, 0.15) is 22.3 Å². The van der Waals surface area contributed by atoms with Crippen molar-refractivity contribution in [1.82, 2.24) is 15.2 Å². The lowest BCUT2D eigenvalue weighted by Gasteiger charge is -2.14. The zero-order valence-electron chi connectivity index (χ0n) is 10.1. The van der Waals surface area contributed by atoms with Gasteiger partial charge in [-0.05, 0) is 35.0 Å². The van der Waals surface area contributed by atoms with Crippen molar-refractivity contribution >= 4 is 38.9 Å². The molecule has 0 spiro atoms. The third kappa shape index (κ3) is 2.78. The van der Waals surface area contributed by atoms with Crippen LogP contribution in [0.4, 0.5) is 0 Å². The summed E-state index contributed by atoms with van der Waals surface area (Å²) in [5.74, 6) is 5.64. The summed E-state index contributed by atoms with van der Waals surface area (Å²) in [5.41, 5.74) is 4.92. The van der Waals surface area contributed by atoms with Gasteiger partial charge in [0.25, 0.3) is 0 Å². The Bertz CT molecular complexity index is 551. The monoisotopic (exact) mass is 348 g/mol. The van der Waals surface area contributed by atoms with Crippen molar-refractivity contribution in [2.45, 2.75) is 19.4 Å². The van der Waals surface area contributed by atoms with Crippen LogP contribution in [-0.4, -0.2) is 9.78 Å². The molecule has 2 rings (SSSR count). The minimum atomic E-state index is 0.0357. The molecule has 1 unspecified atom stereocenters. The Morgan fingerprint density at radius 3 is 2.78 bits per heavy atom. The molecule has 2 aromatic rings. The number of halogens is 2. The highest BCUT2D eigenvalue weighted by atomic mass is 79.9. The molecule has 0 bridgehead atoms. The Hall–Kier alpha value is -0.400. The Kier molecular flexibility index (Phi) is 4.45. The summed E-state index contributed by atoms with van der Waals surface area (Å²) in [6.07, 6.45) is 0.755. The van der Waals surface area contributed by atoms with Crippen molar-refractivity contribution in [3.05, 3.63) is 37.2 Å². The van der Waals surface area contributed by atoms with Crippen molar-refractivity contribution < 1.29 is 0 Å². The predicted octanol–water partition coefficient (Wildman–Crippen LogP) is 2.95. The Balaban J connectivity index is 2.25. The molecule has 2 aromatic heterocycles. The predicted molar refractivity (Wildman–Crippen MR) is 78.7 cm³/mol. The van der Waals surface area contributed by atoms with E-state index in [1.807, 2.05) is 30.8 Å². The highest BCUT2D eigenvalue weighted by Gasteiger charge is 2.18. The van der Waals surface area contributed by atoms with Gasteiger partial charge in [0.15, 0.2) is 0 Å². The molecule has 0 aliphatic carbocycles. The molecule has 0 fully saturated rings. The van der Waals surface area contributed by atoms with Crippen LogP contribution in [-0.2, 0) is 13.5 Å². The molecule has 0 saturated carbocycles. The maximum Gasteiger partial charge on any atom is 0.0931 e. The molecular weight excluding hydrogens is 336 g/mol. The SMILES string of the molecule is Cc1nn(C)c(CC(NN)c2ccc(Cl)s2)c1Br. The first-order valence-corrected chi connectivity index (χ1v) is 7.41. The van der Waals surface area contributed by atoms with E-state index in [0.717, 1.165) is 31.5 Å². The molecule has 7 heteroatoms. The van der Waals surface area contributed by atoms with E-state index in [9.17, 15) is 0 Å². The number of rotatable bonds is 4. The second-order valence-electron chi connectivity index (χ2n) is 4.03. The quantitative estimate of drug-likeness (QED) is 0.659. The summed E-state index contributed by atoms with van der Waals surface area (Å²) in [6, 6.07) is 3.91. The molecule has 1 atom stereocenters. The number of aryl methyl sites for hydroxylation is 2. The van der Waals surface area contributed by atoms with Crippen molar-refractivity contribution in [2.24, 2.45) is 12.9 Å². The fourth-order valence-corrected chi connectivity index (χ4v) is 3.47. The number of nitrogens with one attached hydrogen (secondary N) is 1. The van der Waals surface area contributed by atoms with Crippen LogP contribution >= 0.6 is 38.9 Å². The summed E-state index contributed by atoms with van der Waals surface area (Å²) in [5, 5.41) is 4.38. The standard InChI is InChI=1S/C11H14BrClN4S/c1-6-11(12)8(17(2)16-6)5-7(15-14)9-3-4-10(13)18-9/h3-4,7,15H,5,14H2,1-2H3. The van der Waals surface area contributed by atoms with E-state index in [4.69, 9.17) is 17.4 Å². The van der Waals surface area contributed by atoms with E-state index < -0.39 is 0 Å². The average Bonchev–Trinajstić information content (AvgIpc) is 2.84. The van der Waals surface area contributed by atoms with Crippen LogP contribution in [0.15, 0.2) is 16.6 Å². The average molecular weight is 350 g/mol. The third-order valence-corrected chi connectivity index (χ3v) is 5.17. The molecule has 0 aliphatic rings. The molecule has 98 valence electrons. The van der Waals surface area contributed by atoms with Gasteiger partial charge in [-0.1, -0.05) is 11.6 Å². The van der Waals surface area contributed by atoms with Gasteiger partial charge in [0.2, 0.25) is 0 Å². The van der Waals surface area contributed by atoms with Gasteiger partial charge in [-0.3, -0.25) is 16.0 Å². The van der Waals surface area contributed by atoms with Gasteiger partial charge >= 0.3 is 0 Å². The molecular formula is C11H14BrClN4S. The number of nitrogens with two attached hydrogens (primary N) is 1. The maximum atomic E-state index is 5.95. The fraction of sp³-hybridized carbons (Fsp3) is 0.364. The normalized spacial score (nSPS) is 12.9. The van der Waals surface area contributed by atoms with E-state index >= 15 is 0 Å². The zero-order chi connectivity index (χ0) is 13.3. The van der Waals surface area contributed by atoms with Crippen molar-refractivity contribution in [3.8, 4) is 0 Å². The minimum absolute atomic E-state index is 0.0357. The number of thiophene rings is 1. The van der Waals surface area contributed by atoms with E-state index in [0.29, 0.717) is 0 Å². The first-order chi connectivity index (χ1) is 8.52. The highest BCUT2D eigenvalue weighted by Crippen LogP contribution is 2.30. The number of aromatic nitrogens is 2. The van der Waals surface area contributed by atoms with E-state index in [1.165, 1.54) is 11.3 Å². The van der Waals surface area contributed by atoms with Gasteiger partial charge < -0.3 is 0 Å². The van der Waals surface area contributed by atoms with E-state index in [-0.39, 0.29) is 6.04 Å². The summed E-state index contributed by atoms with van der Waals surface area (Å²) in [7, 11) is 1.93. The van der Waals surface area contributed by atoms with Crippen LogP contribution in [0.2, 0.25) is 4.34 Å². The zero-order valence-corrected chi connectivity index (χ0v) is 13.2. The summed E-state index contributed by atoms with van der Waals surface area (Å²) >= 11 is 11.1. The van der Waals surface area contributed by atoms with Crippen molar-refractivity contribution in [2.75, 3.05) is 0 Å². The van der Waals surface area contributed by atoms with E-state index in [2.05, 4.69) is 26.5 Å². The number of hydrogen-bond acceptors (Lipinski definition) is 4. The topological polar surface area (TPSA) is 55.9 Å². The lowest BCUT2D eigenvalue weighted by atomic mass is 10.1. The molecule has 0 amide bonds. The lowest BCUT2D eigenvalue weighted by Crippen LogP contribution is -2.29. The second-order valence-corrected chi connectivity index (χ2v) is 6.57. The fourth-order valence-electron chi connectivity index (χ4n) is 1.85. The first-order valence-electron chi connectivity index (χ1n) is 5.42. The molecule has 2 heterocycles. The van der Waals surface area contributed by atoms with E-state index in [1.54, 1.807) is 0 Å². The summed E-state index contributed by atoms with van der Waals surface area (Å²) in [4.78, 5) is 1.12. The Morgan fingerprint density at radius 2 is 2.33 bits per heavy atom. The van der Waals surface area contributed by atoms with Crippen LogP contribution in [0.25, 0.3) is 0 Å². The van der Waals surface area contributed by atoms with Gasteiger partial charge in [0.05, 0.1) is 26.2 Å². The maximum absolute atomic E-state index is 5.95. The second kappa shape index (κ2) is 5.71. The van der Waals surface area contributed by atoms with Crippen molar-refractivity contribution in [3.63, 3.8) is 0 Å².